The van der Waals surface area contributed by atoms with E-state index in [1.54, 1.807) is 36.4 Å². The Labute approximate surface area is 222 Å². The number of carbonyl (C=O) groups is 1. The minimum atomic E-state index is -4.62. The lowest BCUT2D eigenvalue weighted by Crippen LogP contribution is -2.13. The molecule has 0 aliphatic rings. The molecule has 9 nitrogen and oxygen atoms in total. The van der Waals surface area contributed by atoms with Gasteiger partial charge in [-0.15, -0.1) is 5.11 Å². The lowest BCUT2D eigenvalue weighted by molar-refractivity contribution is 0.102. The number of rotatable bonds is 6. The molecular formula is C25H19Cl2N3O6S. The smallest absolute Gasteiger partial charge is 0.296 e. The SMILES string of the molecule is COc1ccc(Cl)cc1NC(=O)c1cc2ccccc2c(N=Nc2ccc(Cl)c(S(=O)(=O)O)c2C)c1O. The van der Waals surface area contributed by atoms with Crippen molar-refractivity contribution in [3.05, 3.63) is 81.8 Å². The van der Waals surface area contributed by atoms with E-state index in [0.29, 0.717) is 27.2 Å². The van der Waals surface area contributed by atoms with Crippen LogP contribution in [0, 0.1) is 6.92 Å². The number of aromatic hydroxyl groups is 1. The van der Waals surface area contributed by atoms with Crippen molar-refractivity contribution in [1.82, 2.24) is 0 Å². The predicted octanol–water partition coefficient (Wildman–Crippen LogP) is 7.08. The summed E-state index contributed by atoms with van der Waals surface area (Å²) in [6.07, 6.45) is 0. The van der Waals surface area contributed by atoms with E-state index in [1.807, 2.05) is 0 Å². The minimum Gasteiger partial charge on any atom is -0.505 e. The highest BCUT2D eigenvalue weighted by atomic mass is 35.5. The molecule has 12 heteroatoms. The van der Waals surface area contributed by atoms with Crippen molar-refractivity contribution < 1.29 is 27.6 Å². The summed E-state index contributed by atoms with van der Waals surface area (Å²) in [5.41, 5.74) is 0.319. The van der Waals surface area contributed by atoms with Gasteiger partial charge in [0.25, 0.3) is 16.0 Å². The summed E-state index contributed by atoms with van der Waals surface area (Å²) >= 11 is 12.0. The Hall–Kier alpha value is -3.70. The van der Waals surface area contributed by atoms with Crippen molar-refractivity contribution in [2.45, 2.75) is 11.8 Å². The van der Waals surface area contributed by atoms with Crippen molar-refractivity contribution in [3.63, 3.8) is 0 Å². The van der Waals surface area contributed by atoms with Crippen molar-refractivity contribution in [2.24, 2.45) is 10.2 Å². The number of methoxy groups -OCH3 is 1. The number of ether oxygens (including phenoxy) is 1. The zero-order chi connectivity index (χ0) is 26.9. The number of phenolic OH excluding ortho intramolecular Hbond substituents is 1. The topological polar surface area (TPSA) is 138 Å². The Morgan fingerprint density at radius 1 is 1.03 bits per heavy atom. The molecule has 0 saturated heterocycles. The molecule has 0 heterocycles. The quantitative estimate of drug-likeness (QED) is 0.170. The summed E-state index contributed by atoms with van der Waals surface area (Å²) in [4.78, 5) is 12.7. The van der Waals surface area contributed by atoms with Gasteiger partial charge < -0.3 is 15.2 Å². The van der Waals surface area contributed by atoms with E-state index in [-0.39, 0.29) is 27.5 Å². The lowest BCUT2D eigenvalue weighted by atomic mass is 10.0. The zero-order valence-corrected chi connectivity index (χ0v) is 21.7. The molecule has 0 spiro atoms. The Kier molecular flexibility index (Phi) is 7.37. The molecule has 1 amide bonds. The van der Waals surface area contributed by atoms with Crippen LogP contribution in [-0.4, -0.2) is 31.1 Å². The highest BCUT2D eigenvalue weighted by Gasteiger charge is 2.22. The normalized spacial score (nSPS) is 11.7. The van der Waals surface area contributed by atoms with Crippen LogP contribution in [0.25, 0.3) is 10.8 Å². The van der Waals surface area contributed by atoms with Crippen molar-refractivity contribution in [2.75, 3.05) is 12.4 Å². The largest absolute Gasteiger partial charge is 0.505 e. The molecule has 0 saturated carbocycles. The number of anilines is 1. The summed E-state index contributed by atoms with van der Waals surface area (Å²) < 4.78 is 38.3. The van der Waals surface area contributed by atoms with Gasteiger partial charge in [-0.25, -0.2) is 0 Å². The molecule has 0 aliphatic carbocycles. The second-order valence-corrected chi connectivity index (χ2v) is 10.0. The summed E-state index contributed by atoms with van der Waals surface area (Å²) in [5.74, 6) is -0.745. The number of halogens is 2. The van der Waals surface area contributed by atoms with E-state index in [4.69, 9.17) is 27.9 Å². The van der Waals surface area contributed by atoms with Crippen LogP contribution in [0.5, 0.6) is 11.5 Å². The maximum atomic E-state index is 13.2. The second-order valence-electron chi connectivity index (χ2n) is 7.84. The number of nitrogens with zero attached hydrogens (tertiary/aromatic N) is 2. The van der Waals surface area contributed by atoms with E-state index in [1.165, 1.54) is 38.3 Å². The van der Waals surface area contributed by atoms with Gasteiger partial charge in [-0.3, -0.25) is 9.35 Å². The van der Waals surface area contributed by atoms with Crippen LogP contribution >= 0.6 is 23.2 Å². The predicted molar refractivity (Wildman–Crippen MR) is 142 cm³/mol. The highest BCUT2D eigenvalue weighted by molar-refractivity contribution is 7.86. The third-order valence-electron chi connectivity index (χ3n) is 5.49. The standard InChI is InChI=1S/C25H19Cl2N3O6S/c1-13-19(9-8-18(27)24(13)37(33,34)35)29-30-22-16-6-4-3-5-14(16)11-17(23(22)31)25(32)28-20-12-15(26)7-10-21(20)36-2/h3-12,31H,1-2H3,(H,28,32)(H,33,34,35). The van der Waals surface area contributed by atoms with Crippen molar-refractivity contribution in [1.29, 1.82) is 0 Å². The number of hydrogen-bond donors (Lipinski definition) is 3. The number of amides is 1. The number of benzene rings is 4. The van der Waals surface area contributed by atoms with Crippen LogP contribution in [0.3, 0.4) is 0 Å². The molecular weight excluding hydrogens is 541 g/mol. The zero-order valence-electron chi connectivity index (χ0n) is 19.4. The average Bonchev–Trinajstić information content (AvgIpc) is 2.83. The number of hydrogen-bond acceptors (Lipinski definition) is 7. The number of phenols is 1. The molecule has 0 radical (unpaired) electrons. The molecule has 0 fully saturated rings. The van der Waals surface area contributed by atoms with E-state index in [2.05, 4.69) is 15.5 Å². The first-order valence-corrected chi connectivity index (χ1v) is 12.8. The second kappa shape index (κ2) is 10.3. The van der Waals surface area contributed by atoms with Gasteiger partial charge in [0.1, 0.15) is 16.3 Å². The molecule has 3 N–H and O–H groups in total. The van der Waals surface area contributed by atoms with Crippen LogP contribution in [-0.2, 0) is 10.1 Å². The van der Waals surface area contributed by atoms with Gasteiger partial charge >= 0.3 is 0 Å². The van der Waals surface area contributed by atoms with Gasteiger partial charge in [-0.1, -0.05) is 47.5 Å². The van der Waals surface area contributed by atoms with Crippen LogP contribution in [0.2, 0.25) is 10.0 Å². The number of carbonyl (C=O) groups excluding carboxylic acids is 1. The van der Waals surface area contributed by atoms with E-state index in [0.717, 1.165) is 0 Å². The number of azo groups is 1. The average molecular weight is 560 g/mol. The Bertz CT molecular complexity index is 1690. The molecule has 0 aromatic heterocycles. The molecule has 0 atom stereocenters. The van der Waals surface area contributed by atoms with Crippen LogP contribution in [0.1, 0.15) is 15.9 Å². The molecule has 0 aliphatic heterocycles. The molecule has 4 aromatic rings. The van der Waals surface area contributed by atoms with Gasteiger partial charge in [0, 0.05) is 10.4 Å². The van der Waals surface area contributed by atoms with Crippen molar-refractivity contribution >= 4 is 67.1 Å². The Morgan fingerprint density at radius 2 is 1.76 bits per heavy atom. The van der Waals surface area contributed by atoms with Gasteiger partial charge in [0.2, 0.25) is 0 Å². The molecule has 190 valence electrons. The van der Waals surface area contributed by atoms with Crippen LogP contribution in [0.15, 0.2) is 75.8 Å². The maximum Gasteiger partial charge on any atom is 0.296 e. The monoisotopic (exact) mass is 559 g/mol. The summed E-state index contributed by atoms with van der Waals surface area (Å²) in [7, 11) is -3.18. The Balaban J connectivity index is 1.82. The van der Waals surface area contributed by atoms with E-state index in [9.17, 15) is 22.9 Å². The van der Waals surface area contributed by atoms with Gasteiger partial charge in [-0.05, 0) is 54.3 Å². The molecule has 4 aromatic carbocycles. The fourth-order valence-corrected chi connectivity index (χ4v) is 5.21. The summed E-state index contributed by atoms with van der Waals surface area (Å²) in [5, 5.41) is 23.2. The molecule has 4 rings (SSSR count). The third-order valence-corrected chi connectivity index (χ3v) is 7.20. The van der Waals surface area contributed by atoms with E-state index < -0.39 is 26.7 Å². The first-order valence-electron chi connectivity index (χ1n) is 10.6. The van der Waals surface area contributed by atoms with Gasteiger partial charge in [0.05, 0.1) is 29.1 Å². The van der Waals surface area contributed by atoms with Crippen LogP contribution in [0.4, 0.5) is 17.1 Å². The Morgan fingerprint density at radius 3 is 2.46 bits per heavy atom. The molecule has 0 unspecified atom stereocenters. The highest BCUT2D eigenvalue weighted by Crippen LogP contribution is 2.41. The van der Waals surface area contributed by atoms with E-state index >= 15 is 0 Å². The maximum absolute atomic E-state index is 13.2. The number of fused-ring (bicyclic) bond motifs is 1. The molecule has 37 heavy (non-hydrogen) atoms. The fraction of sp³-hybridized carbons (Fsp3) is 0.0800. The summed E-state index contributed by atoms with van der Waals surface area (Å²) in [6, 6.07) is 15.8. The third kappa shape index (κ3) is 5.37. The molecule has 0 bridgehead atoms. The number of nitrogens with one attached hydrogen (secondary N) is 1. The summed E-state index contributed by atoms with van der Waals surface area (Å²) in [6.45, 7) is 1.41. The lowest BCUT2D eigenvalue weighted by Gasteiger charge is -2.13. The first-order chi connectivity index (χ1) is 17.5. The minimum absolute atomic E-state index is 0.0240. The van der Waals surface area contributed by atoms with Crippen molar-refractivity contribution in [3.8, 4) is 11.5 Å². The fourth-order valence-electron chi connectivity index (χ4n) is 3.74. The van der Waals surface area contributed by atoms with Crippen LogP contribution < -0.4 is 10.1 Å². The van der Waals surface area contributed by atoms with Gasteiger partial charge in [0.15, 0.2) is 5.75 Å². The first kappa shape index (κ1) is 26.4. The van der Waals surface area contributed by atoms with Gasteiger partial charge in [-0.2, -0.15) is 13.5 Å².